The van der Waals surface area contributed by atoms with Gasteiger partial charge in [-0.1, -0.05) is 54.1 Å². The van der Waals surface area contributed by atoms with Crippen molar-refractivity contribution in [2.75, 3.05) is 0 Å². The zero-order valence-corrected chi connectivity index (χ0v) is 10.2. The van der Waals surface area contributed by atoms with Crippen molar-refractivity contribution in [3.63, 3.8) is 0 Å². The third kappa shape index (κ3) is 3.30. The number of benzene rings is 2. The second kappa shape index (κ2) is 5.82. The van der Waals surface area contributed by atoms with Crippen LogP contribution >= 0.6 is 11.6 Å². The molecular weight excluding hydrogens is 232 g/mol. The number of hydrogen-bond donors (Lipinski definition) is 2. The molecular formula is C14H15ClN2. The second-order valence-corrected chi connectivity index (χ2v) is 4.40. The van der Waals surface area contributed by atoms with Crippen LogP contribution in [-0.4, -0.2) is 0 Å². The number of nitrogens with two attached hydrogens (primary N) is 1. The van der Waals surface area contributed by atoms with Crippen molar-refractivity contribution < 1.29 is 0 Å². The normalized spacial score (nSPS) is 12.4. The van der Waals surface area contributed by atoms with E-state index in [1.807, 2.05) is 42.5 Å². The van der Waals surface area contributed by atoms with Crippen molar-refractivity contribution in [1.29, 1.82) is 0 Å². The molecule has 3 heteroatoms. The van der Waals surface area contributed by atoms with Crippen molar-refractivity contribution in [2.45, 2.75) is 12.5 Å². The molecule has 0 aliphatic carbocycles. The van der Waals surface area contributed by atoms with Gasteiger partial charge in [-0.15, -0.1) is 0 Å². The van der Waals surface area contributed by atoms with Crippen LogP contribution in [0.25, 0.3) is 0 Å². The van der Waals surface area contributed by atoms with Crippen LogP contribution in [0.3, 0.4) is 0 Å². The van der Waals surface area contributed by atoms with E-state index >= 15 is 0 Å². The van der Waals surface area contributed by atoms with Crippen LogP contribution in [0.2, 0.25) is 5.02 Å². The number of rotatable bonds is 4. The number of nitrogens with one attached hydrogen (secondary N) is 1. The van der Waals surface area contributed by atoms with Crippen molar-refractivity contribution in [1.82, 2.24) is 5.43 Å². The number of hydrogen-bond acceptors (Lipinski definition) is 2. The van der Waals surface area contributed by atoms with Gasteiger partial charge in [0.15, 0.2) is 0 Å². The van der Waals surface area contributed by atoms with Crippen LogP contribution in [0, 0.1) is 0 Å². The minimum Gasteiger partial charge on any atom is -0.271 e. The fourth-order valence-corrected chi connectivity index (χ4v) is 1.94. The summed E-state index contributed by atoms with van der Waals surface area (Å²) in [6, 6.07) is 18.1. The summed E-state index contributed by atoms with van der Waals surface area (Å²) in [6.07, 6.45) is 0.845. The highest BCUT2D eigenvalue weighted by Gasteiger charge is 2.09. The molecule has 0 amide bonds. The minimum atomic E-state index is 0.123. The van der Waals surface area contributed by atoms with E-state index in [0.717, 1.165) is 11.4 Å². The van der Waals surface area contributed by atoms with Gasteiger partial charge in [-0.05, 0) is 29.7 Å². The molecule has 2 nitrogen and oxygen atoms in total. The summed E-state index contributed by atoms with van der Waals surface area (Å²) in [6.45, 7) is 0. The maximum atomic E-state index is 5.86. The summed E-state index contributed by atoms with van der Waals surface area (Å²) in [5.41, 5.74) is 5.24. The molecule has 0 aliphatic heterocycles. The predicted molar refractivity (Wildman–Crippen MR) is 71.7 cm³/mol. The molecule has 0 fully saturated rings. The molecule has 2 aromatic carbocycles. The lowest BCUT2D eigenvalue weighted by molar-refractivity contribution is 0.552. The Hall–Kier alpha value is -1.35. The Morgan fingerprint density at radius 2 is 1.65 bits per heavy atom. The van der Waals surface area contributed by atoms with Crippen LogP contribution in [0.1, 0.15) is 17.2 Å². The molecule has 1 atom stereocenters. The molecule has 0 spiro atoms. The van der Waals surface area contributed by atoms with Crippen molar-refractivity contribution >= 4 is 11.6 Å². The molecule has 0 heterocycles. The van der Waals surface area contributed by atoms with E-state index in [1.165, 1.54) is 11.1 Å². The lowest BCUT2D eigenvalue weighted by atomic mass is 10.00. The van der Waals surface area contributed by atoms with Gasteiger partial charge in [0.2, 0.25) is 0 Å². The van der Waals surface area contributed by atoms with Gasteiger partial charge in [0.25, 0.3) is 0 Å². The third-order valence-electron chi connectivity index (χ3n) is 2.76. The van der Waals surface area contributed by atoms with Crippen LogP contribution in [0.15, 0.2) is 54.6 Å². The summed E-state index contributed by atoms with van der Waals surface area (Å²) in [4.78, 5) is 0. The SMILES string of the molecule is NNC(Cc1ccc(Cl)cc1)c1ccccc1. The highest BCUT2D eigenvalue weighted by atomic mass is 35.5. The van der Waals surface area contributed by atoms with Gasteiger partial charge >= 0.3 is 0 Å². The molecule has 88 valence electrons. The summed E-state index contributed by atoms with van der Waals surface area (Å²) in [5.74, 6) is 5.61. The highest BCUT2D eigenvalue weighted by Crippen LogP contribution is 2.18. The Morgan fingerprint density at radius 1 is 1.00 bits per heavy atom. The van der Waals surface area contributed by atoms with Gasteiger partial charge in [0.1, 0.15) is 0 Å². The van der Waals surface area contributed by atoms with Gasteiger partial charge in [-0.25, -0.2) is 0 Å². The Bertz CT molecular complexity index is 453. The summed E-state index contributed by atoms with van der Waals surface area (Å²) in [7, 11) is 0. The van der Waals surface area contributed by atoms with Gasteiger partial charge < -0.3 is 0 Å². The first kappa shape index (κ1) is 12.1. The van der Waals surface area contributed by atoms with Crippen LogP contribution in [0.4, 0.5) is 0 Å². The quantitative estimate of drug-likeness (QED) is 0.643. The monoisotopic (exact) mass is 246 g/mol. The highest BCUT2D eigenvalue weighted by molar-refractivity contribution is 6.30. The molecule has 0 aromatic heterocycles. The van der Waals surface area contributed by atoms with Gasteiger partial charge in [0, 0.05) is 11.1 Å². The summed E-state index contributed by atoms with van der Waals surface area (Å²) < 4.78 is 0. The molecule has 17 heavy (non-hydrogen) atoms. The first-order chi connectivity index (χ1) is 8.29. The molecule has 0 aliphatic rings. The molecule has 0 saturated heterocycles. The lowest BCUT2D eigenvalue weighted by Gasteiger charge is -2.16. The minimum absolute atomic E-state index is 0.123. The van der Waals surface area contributed by atoms with E-state index in [4.69, 9.17) is 17.4 Å². The predicted octanol–water partition coefficient (Wildman–Crippen LogP) is 3.09. The van der Waals surface area contributed by atoms with Crippen LogP contribution in [0.5, 0.6) is 0 Å². The largest absolute Gasteiger partial charge is 0.271 e. The standard InChI is InChI=1S/C14H15ClN2/c15-13-8-6-11(7-9-13)10-14(17-16)12-4-2-1-3-5-12/h1-9,14,17H,10,16H2. The van der Waals surface area contributed by atoms with Crippen LogP contribution in [-0.2, 0) is 6.42 Å². The maximum Gasteiger partial charge on any atom is 0.0500 e. The zero-order chi connectivity index (χ0) is 12.1. The first-order valence-corrected chi connectivity index (χ1v) is 5.93. The number of hydrazine groups is 1. The lowest BCUT2D eigenvalue weighted by Crippen LogP contribution is -2.29. The summed E-state index contributed by atoms with van der Waals surface area (Å²) >= 11 is 5.86. The maximum absolute atomic E-state index is 5.86. The van der Waals surface area contributed by atoms with Crippen molar-refractivity contribution in [3.05, 3.63) is 70.7 Å². The fraction of sp³-hybridized carbons (Fsp3) is 0.143. The van der Waals surface area contributed by atoms with E-state index in [-0.39, 0.29) is 6.04 Å². The smallest absolute Gasteiger partial charge is 0.0500 e. The molecule has 0 bridgehead atoms. The Labute approximate surface area is 106 Å². The second-order valence-electron chi connectivity index (χ2n) is 3.96. The average Bonchev–Trinajstić information content (AvgIpc) is 2.39. The van der Waals surface area contributed by atoms with E-state index in [9.17, 15) is 0 Å². The van der Waals surface area contributed by atoms with E-state index in [1.54, 1.807) is 0 Å². The summed E-state index contributed by atoms with van der Waals surface area (Å²) in [5, 5.41) is 0.755. The van der Waals surface area contributed by atoms with Crippen LogP contribution < -0.4 is 11.3 Å². The fourth-order valence-electron chi connectivity index (χ4n) is 1.81. The van der Waals surface area contributed by atoms with Crippen molar-refractivity contribution in [2.24, 2.45) is 5.84 Å². The Kier molecular flexibility index (Phi) is 4.15. The van der Waals surface area contributed by atoms with Gasteiger partial charge in [-0.2, -0.15) is 0 Å². The molecule has 2 rings (SSSR count). The molecule has 1 unspecified atom stereocenters. The average molecular weight is 247 g/mol. The molecule has 3 N–H and O–H groups in total. The number of halogens is 1. The Balaban J connectivity index is 2.13. The third-order valence-corrected chi connectivity index (χ3v) is 3.01. The van der Waals surface area contributed by atoms with E-state index in [0.29, 0.717) is 0 Å². The van der Waals surface area contributed by atoms with Gasteiger partial charge in [0.05, 0.1) is 0 Å². The zero-order valence-electron chi connectivity index (χ0n) is 9.44. The molecule has 0 radical (unpaired) electrons. The molecule has 2 aromatic rings. The molecule has 0 saturated carbocycles. The first-order valence-electron chi connectivity index (χ1n) is 5.55. The van der Waals surface area contributed by atoms with Crippen molar-refractivity contribution in [3.8, 4) is 0 Å². The van der Waals surface area contributed by atoms with E-state index in [2.05, 4.69) is 17.6 Å². The van der Waals surface area contributed by atoms with E-state index < -0.39 is 0 Å². The van der Waals surface area contributed by atoms with Gasteiger partial charge in [-0.3, -0.25) is 11.3 Å². The Morgan fingerprint density at radius 3 is 2.24 bits per heavy atom. The topological polar surface area (TPSA) is 38.0 Å².